The van der Waals surface area contributed by atoms with Gasteiger partial charge in [0.2, 0.25) is 5.88 Å². The topological polar surface area (TPSA) is 60.5 Å². The van der Waals surface area contributed by atoms with Gasteiger partial charge in [-0.3, -0.25) is 4.79 Å². The first-order valence-corrected chi connectivity index (χ1v) is 7.20. The number of hydrogen-bond acceptors (Lipinski definition) is 4. The molecule has 5 nitrogen and oxygen atoms in total. The third-order valence-corrected chi connectivity index (χ3v) is 3.45. The van der Waals surface area contributed by atoms with Crippen molar-refractivity contribution in [1.29, 1.82) is 0 Å². The summed E-state index contributed by atoms with van der Waals surface area (Å²) >= 11 is 0. The van der Waals surface area contributed by atoms with Crippen LogP contribution in [-0.4, -0.2) is 30.2 Å². The van der Waals surface area contributed by atoms with Crippen molar-refractivity contribution in [2.75, 3.05) is 18.5 Å². The highest BCUT2D eigenvalue weighted by molar-refractivity contribution is 6.04. The lowest BCUT2D eigenvalue weighted by atomic mass is 10.2. The Morgan fingerprint density at radius 3 is 2.83 bits per heavy atom. The standard InChI is InChI=1S/C16H13F3N2O3/c17-12-2-1-11(14(18)15(12)19)16(22)21-9-3-5-20-13(7-9)24-10-4-6-23-8-10/h1-3,5,7,10H,4,6,8H2,(H,20,21,22)/t10-/m0/s1. The molecule has 1 atom stereocenters. The number of amides is 1. The number of ether oxygens (including phenoxy) is 2. The fraction of sp³-hybridized carbons (Fsp3) is 0.250. The molecule has 0 spiro atoms. The normalized spacial score (nSPS) is 16.9. The number of halogens is 3. The molecule has 1 aromatic carbocycles. The number of carbonyl (C=O) groups excluding carboxylic acids is 1. The smallest absolute Gasteiger partial charge is 0.258 e. The summed E-state index contributed by atoms with van der Waals surface area (Å²) in [6.45, 7) is 1.06. The maximum Gasteiger partial charge on any atom is 0.258 e. The predicted octanol–water partition coefficient (Wildman–Crippen LogP) is 2.92. The van der Waals surface area contributed by atoms with Crippen molar-refractivity contribution in [3.63, 3.8) is 0 Å². The Hall–Kier alpha value is -2.61. The summed E-state index contributed by atoms with van der Waals surface area (Å²) in [4.78, 5) is 16.0. The van der Waals surface area contributed by atoms with E-state index in [-0.39, 0.29) is 17.7 Å². The Balaban J connectivity index is 1.73. The molecular weight excluding hydrogens is 325 g/mol. The van der Waals surface area contributed by atoms with E-state index in [4.69, 9.17) is 9.47 Å². The molecule has 1 aliphatic rings. The number of anilines is 1. The van der Waals surface area contributed by atoms with E-state index in [0.29, 0.717) is 19.3 Å². The minimum absolute atomic E-state index is 0.118. The zero-order valence-electron chi connectivity index (χ0n) is 12.4. The van der Waals surface area contributed by atoms with Gasteiger partial charge in [0.25, 0.3) is 5.91 Å². The lowest BCUT2D eigenvalue weighted by Gasteiger charge is -2.12. The van der Waals surface area contributed by atoms with Gasteiger partial charge in [0.05, 0.1) is 18.8 Å². The predicted molar refractivity (Wildman–Crippen MR) is 78.4 cm³/mol. The monoisotopic (exact) mass is 338 g/mol. The van der Waals surface area contributed by atoms with Gasteiger partial charge in [-0.2, -0.15) is 0 Å². The van der Waals surface area contributed by atoms with E-state index in [1.54, 1.807) is 0 Å². The minimum Gasteiger partial charge on any atom is -0.472 e. The fourth-order valence-corrected chi connectivity index (χ4v) is 2.23. The molecule has 1 amide bonds. The average Bonchev–Trinajstić information content (AvgIpc) is 3.06. The van der Waals surface area contributed by atoms with E-state index in [9.17, 15) is 18.0 Å². The van der Waals surface area contributed by atoms with Gasteiger partial charge in [0, 0.05) is 24.4 Å². The Labute approximate surface area is 135 Å². The first-order valence-electron chi connectivity index (χ1n) is 7.20. The SMILES string of the molecule is O=C(Nc1ccnc(O[C@H]2CCOC2)c1)c1ccc(F)c(F)c1F. The van der Waals surface area contributed by atoms with Crippen molar-refractivity contribution in [1.82, 2.24) is 4.98 Å². The van der Waals surface area contributed by atoms with Gasteiger partial charge in [0.1, 0.15) is 6.10 Å². The second-order valence-electron chi connectivity index (χ2n) is 5.16. The average molecular weight is 338 g/mol. The molecule has 1 fully saturated rings. The highest BCUT2D eigenvalue weighted by Crippen LogP contribution is 2.20. The molecule has 0 saturated carbocycles. The van der Waals surface area contributed by atoms with Crippen LogP contribution in [0.25, 0.3) is 0 Å². The van der Waals surface area contributed by atoms with Crippen LogP contribution >= 0.6 is 0 Å². The van der Waals surface area contributed by atoms with E-state index >= 15 is 0 Å². The molecule has 1 aliphatic heterocycles. The number of rotatable bonds is 4. The zero-order valence-corrected chi connectivity index (χ0v) is 12.4. The van der Waals surface area contributed by atoms with E-state index in [2.05, 4.69) is 10.3 Å². The first-order chi connectivity index (χ1) is 11.5. The van der Waals surface area contributed by atoms with E-state index < -0.39 is 28.9 Å². The van der Waals surface area contributed by atoms with Crippen molar-refractivity contribution >= 4 is 11.6 Å². The highest BCUT2D eigenvalue weighted by Gasteiger charge is 2.20. The molecule has 1 N–H and O–H groups in total. The van der Waals surface area contributed by atoms with Crippen molar-refractivity contribution in [2.24, 2.45) is 0 Å². The Morgan fingerprint density at radius 1 is 1.25 bits per heavy atom. The van der Waals surface area contributed by atoms with Gasteiger partial charge >= 0.3 is 0 Å². The molecule has 1 aromatic heterocycles. The second-order valence-corrected chi connectivity index (χ2v) is 5.16. The first kappa shape index (κ1) is 16.3. The van der Waals surface area contributed by atoms with Crippen LogP contribution in [0.5, 0.6) is 5.88 Å². The molecular formula is C16H13F3N2O3. The molecule has 3 rings (SSSR count). The largest absolute Gasteiger partial charge is 0.472 e. The Kier molecular flexibility index (Phi) is 4.66. The van der Waals surface area contributed by atoms with Gasteiger partial charge < -0.3 is 14.8 Å². The molecule has 0 unspecified atom stereocenters. The van der Waals surface area contributed by atoms with E-state index in [1.807, 2.05) is 0 Å². The number of aromatic nitrogens is 1. The summed E-state index contributed by atoms with van der Waals surface area (Å²) < 4.78 is 50.5. The molecule has 126 valence electrons. The van der Waals surface area contributed by atoms with E-state index in [0.717, 1.165) is 12.5 Å². The summed E-state index contributed by atoms with van der Waals surface area (Å²) in [7, 11) is 0. The van der Waals surface area contributed by atoms with Crippen LogP contribution in [0.3, 0.4) is 0 Å². The molecule has 2 aromatic rings. The third kappa shape index (κ3) is 3.48. The molecule has 1 saturated heterocycles. The Bertz CT molecular complexity index is 764. The summed E-state index contributed by atoms with van der Waals surface area (Å²) in [6, 6.07) is 4.48. The van der Waals surface area contributed by atoms with Crippen LogP contribution in [0, 0.1) is 17.5 Å². The number of benzene rings is 1. The van der Waals surface area contributed by atoms with Crippen LogP contribution in [0.15, 0.2) is 30.5 Å². The molecule has 0 radical (unpaired) electrons. The maximum absolute atomic E-state index is 13.6. The summed E-state index contributed by atoms with van der Waals surface area (Å²) in [5.74, 6) is -5.23. The van der Waals surface area contributed by atoms with Gasteiger partial charge in [-0.1, -0.05) is 0 Å². The van der Waals surface area contributed by atoms with Crippen molar-refractivity contribution in [3.8, 4) is 5.88 Å². The number of hydrogen-bond donors (Lipinski definition) is 1. The van der Waals surface area contributed by atoms with Gasteiger partial charge in [-0.15, -0.1) is 0 Å². The third-order valence-electron chi connectivity index (χ3n) is 3.45. The molecule has 0 bridgehead atoms. The summed E-state index contributed by atoms with van der Waals surface area (Å²) in [6.07, 6.45) is 2.02. The molecule has 8 heteroatoms. The second kappa shape index (κ2) is 6.88. The molecule has 0 aliphatic carbocycles. The number of nitrogens with one attached hydrogen (secondary N) is 1. The number of nitrogens with zero attached hydrogens (tertiary/aromatic N) is 1. The lowest BCUT2D eigenvalue weighted by Crippen LogP contribution is -2.17. The number of pyridine rings is 1. The zero-order chi connectivity index (χ0) is 17.1. The van der Waals surface area contributed by atoms with Crippen LogP contribution < -0.4 is 10.1 Å². The summed E-state index contributed by atoms with van der Waals surface area (Å²) in [5, 5.41) is 2.39. The van der Waals surface area contributed by atoms with Crippen LogP contribution in [0.2, 0.25) is 0 Å². The fourth-order valence-electron chi connectivity index (χ4n) is 2.23. The highest BCUT2D eigenvalue weighted by atomic mass is 19.2. The molecule has 24 heavy (non-hydrogen) atoms. The Morgan fingerprint density at radius 2 is 2.08 bits per heavy atom. The quantitative estimate of drug-likeness (QED) is 0.871. The van der Waals surface area contributed by atoms with Crippen molar-refractivity contribution in [2.45, 2.75) is 12.5 Å². The van der Waals surface area contributed by atoms with Crippen molar-refractivity contribution in [3.05, 3.63) is 53.5 Å². The van der Waals surface area contributed by atoms with Crippen LogP contribution in [0.1, 0.15) is 16.8 Å². The molecule has 2 heterocycles. The maximum atomic E-state index is 13.6. The minimum atomic E-state index is -1.69. The van der Waals surface area contributed by atoms with E-state index in [1.165, 1.54) is 18.3 Å². The van der Waals surface area contributed by atoms with Crippen molar-refractivity contribution < 1.29 is 27.4 Å². The van der Waals surface area contributed by atoms with Crippen LogP contribution in [0.4, 0.5) is 18.9 Å². The lowest BCUT2D eigenvalue weighted by molar-refractivity contribution is 0.102. The van der Waals surface area contributed by atoms with Gasteiger partial charge in [-0.25, -0.2) is 18.2 Å². The van der Waals surface area contributed by atoms with Gasteiger partial charge in [0.15, 0.2) is 17.5 Å². The summed E-state index contributed by atoms with van der Waals surface area (Å²) in [5.41, 5.74) is -0.314. The number of carbonyl (C=O) groups is 1. The van der Waals surface area contributed by atoms with Crippen LogP contribution in [-0.2, 0) is 4.74 Å². The van der Waals surface area contributed by atoms with Gasteiger partial charge in [-0.05, 0) is 18.2 Å².